The van der Waals surface area contributed by atoms with Gasteiger partial charge in [-0.15, -0.1) is 0 Å². The zero-order chi connectivity index (χ0) is 12.7. The summed E-state index contributed by atoms with van der Waals surface area (Å²) in [6.45, 7) is 2.17. The fourth-order valence-electron chi connectivity index (χ4n) is 1.69. The maximum absolute atomic E-state index is 11.7. The summed E-state index contributed by atoms with van der Waals surface area (Å²) in [4.78, 5) is 26.2. The average molecular weight is 244 g/mol. The molecule has 0 atom stereocenters. The van der Waals surface area contributed by atoms with Crippen LogP contribution in [0, 0.1) is 0 Å². The molecule has 2 amide bonds. The Bertz CT molecular complexity index is 270. The van der Waals surface area contributed by atoms with Crippen LogP contribution in [0.1, 0.15) is 12.8 Å². The van der Waals surface area contributed by atoms with Crippen molar-refractivity contribution < 1.29 is 19.4 Å². The molecule has 0 aromatic heterocycles. The van der Waals surface area contributed by atoms with Crippen molar-refractivity contribution in [3.05, 3.63) is 0 Å². The first-order valence-corrected chi connectivity index (χ1v) is 5.85. The molecule has 1 aliphatic rings. The normalized spacial score (nSPS) is 15.9. The second kappa shape index (κ2) is 7.37. The van der Waals surface area contributed by atoms with Gasteiger partial charge in [-0.05, 0) is 13.5 Å². The molecule has 1 fully saturated rings. The Morgan fingerprint density at radius 1 is 1.53 bits per heavy atom. The highest BCUT2D eigenvalue weighted by Gasteiger charge is 2.26. The summed E-state index contributed by atoms with van der Waals surface area (Å²) in [5.41, 5.74) is 0. The second-order valence-corrected chi connectivity index (χ2v) is 4.12. The number of carbonyl (C=O) groups is 2. The van der Waals surface area contributed by atoms with E-state index in [1.165, 1.54) is 4.90 Å². The van der Waals surface area contributed by atoms with Gasteiger partial charge >= 0.3 is 0 Å². The lowest BCUT2D eigenvalue weighted by atomic mass is 10.4. The van der Waals surface area contributed by atoms with Gasteiger partial charge in [0.05, 0.1) is 26.4 Å². The monoisotopic (exact) mass is 244 g/mol. The summed E-state index contributed by atoms with van der Waals surface area (Å²) in [5.74, 6) is -0.211. The number of aliphatic hydroxyl groups is 1. The number of hydrogen-bond donors (Lipinski definition) is 1. The van der Waals surface area contributed by atoms with Crippen molar-refractivity contribution in [1.29, 1.82) is 0 Å². The van der Waals surface area contributed by atoms with E-state index in [1.807, 2.05) is 4.90 Å². The van der Waals surface area contributed by atoms with E-state index in [0.717, 1.165) is 6.42 Å². The molecule has 0 unspecified atom stereocenters. The number of hydrogen-bond acceptors (Lipinski definition) is 5. The lowest BCUT2D eigenvalue weighted by molar-refractivity contribution is -0.142. The molecule has 1 aliphatic heterocycles. The van der Waals surface area contributed by atoms with Gasteiger partial charge in [-0.2, -0.15) is 0 Å². The third-order valence-electron chi connectivity index (χ3n) is 2.63. The summed E-state index contributed by atoms with van der Waals surface area (Å²) < 4.78 is 5.10. The van der Waals surface area contributed by atoms with Crippen LogP contribution in [0.3, 0.4) is 0 Å². The third-order valence-corrected chi connectivity index (χ3v) is 2.63. The molecule has 1 rings (SSSR count). The number of rotatable bonds is 7. The van der Waals surface area contributed by atoms with Gasteiger partial charge in [0, 0.05) is 19.5 Å². The Hall–Kier alpha value is -0.980. The topological polar surface area (TPSA) is 70.1 Å². The van der Waals surface area contributed by atoms with E-state index in [4.69, 9.17) is 9.84 Å². The van der Waals surface area contributed by atoms with Gasteiger partial charge in [0.2, 0.25) is 11.8 Å². The highest BCUT2D eigenvalue weighted by molar-refractivity contribution is 5.97. The lowest BCUT2D eigenvalue weighted by Crippen LogP contribution is -2.40. The van der Waals surface area contributed by atoms with Crippen LogP contribution in [0.2, 0.25) is 0 Å². The van der Waals surface area contributed by atoms with E-state index in [9.17, 15) is 9.59 Å². The van der Waals surface area contributed by atoms with Crippen LogP contribution in [-0.2, 0) is 14.3 Å². The number of likely N-dealkylation sites (tertiary alicyclic amines) is 1. The highest BCUT2D eigenvalue weighted by Crippen LogP contribution is 2.09. The van der Waals surface area contributed by atoms with Crippen LogP contribution in [0.4, 0.5) is 0 Å². The minimum absolute atomic E-state index is 0.00489. The first-order valence-electron chi connectivity index (χ1n) is 5.85. The van der Waals surface area contributed by atoms with Gasteiger partial charge in [0.25, 0.3) is 0 Å². The van der Waals surface area contributed by atoms with Crippen molar-refractivity contribution in [3.63, 3.8) is 0 Å². The second-order valence-electron chi connectivity index (χ2n) is 4.12. The molecule has 0 spiro atoms. The van der Waals surface area contributed by atoms with E-state index in [2.05, 4.69) is 0 Å². The zero-order valence-corrected chi connectivity index (χ0v) is 10.2. The fourth-order valence-corrected chi connectivity index (χ4v) is 1.69. The summed E-state index contributed by atoms with van der Waals surface area (Å²) in [6.07, 6.45) is 1.25. The molecule has 6 nitrogen and oxygen atoms in total. The van der Waals surface area contributed by atoms with Crippen molar-refractivity contribution in [2.45, 2.75) is 12.8 Å². The zero-order valence-electron chi connectivity index (χ0n) is 10.2. The van der Waals surface area contributed by atoms with Gasteiger partial charge in [-0.25, -0.2) is 0 Å². The summed E-state index contributed by atoms with van der Waals surface area (Å²) >= 11 is 0. The molecule has 98 valence electrons. The Kier molecular flexibility index (Phi) is 6.10. The SMILES string of the molecule is CN(CCOCCO)CC(=O)N1CCCC1=O. The van der Waals surface area contributed by atoms with Gasteiger partial charge < -0.3 is 9.84 Å². The quantitative estimate of drug-likeness (QED) is 0.586. The van der Waals surface area contributed by atoms with Crippen molar-refractivity contribution >= 4 is 11.8 Å². The molecule has 0 bridgehead atoms. The lowest BCUT2D eigenvalue weighted by Gasteiger charge is -2.19. The number of amides is 2. The molecule has 0 radical (unpaired) electrons. The van der Waals surface area contributed by atoms with Crippen molar-refractivity contribution in [1.82, 2.24) is 9.80 Å². The first-order chi connectivity index (χ1) is 8.15. The van der Waals surface area contributed by atoms with Crippen molar-refractivity contribution in [2.75, 3.05) is 46.5 Å². The van der Waals surface area contributed by atoms with E-state index < -0.39 is 0 Å². The van der Waals surface area contributed by atoms with Crippen LogP contribution in [-0.4, -0.2) is 73.2 Å². The number of carbonyl (C=O) groups excluding carboxylic acids is 2. The average Bonchev–Trinajstić information content (AvgIpc) is 2.71. The molecular weight excluding hydrogens is 224 g/mol. The highest BCUT2D eigenvalue weighted by atomic mass is 16.5. The van der Waals surface area contributed by atoms with E-state index in [-0.39, 0.29) is 25.0 Å². The van der Waals surface area contributed by atoms with Gasteiger partial charge in [-0.3, -0.25) is 19.4 Å². The first kappa shape index (κ1) is 14.1. The number of aliphatic hydroxyl groups excluding tert-OH is 1. The fraction of sp³-hybridized carbons (Fsp3) is 0.818. The number of likely N-dealkylation sites (N-methyl/N-ethyl adjacent to an activating group) is 1. The van der Waals surface area contributed by atoms with E-state index in [1.54, 1.807) is 7.05 Å². The minimum Gasteiger partial charge on any atom is -0.394 e. The third kappa shape index (κ3) is 4.80. The van der Waals surface area contributed by atoms with Gasteiger partial charge in [0.15, 0.2) is 0 Å². The number of nitrogens with zero attached hydrogens (tertiary/aromatic N) is 2. The van der Waals surface area contributed by atoms with Crippen molar-refractivity contribution in [2.24, 2.45) is 0 Å². The van der Waals surface area contributed by atoms with Gasteiger partial charge in [0.1, 0.15) is 0 Å². The maximum atomic E-state index is 11.7. The molecule has 0 aliphatic carbocycles. The van der Waals surface area contributed by atoms with Crippen LogP contribution in [0.5, 0.6) is 0 Å². The summed E-state index contributed by atoms with van der Waals surface area (Å²) in [6, 6.07) is 0. The maximum Gasteiger partial charge on any atom is 0.243 e. The molecule has 0 aromatic carbocycles. The van der Waals surface area contributed by atoms with Crippen LogP contribution in [0.15, 0.2) is 0 Å². The molecular formula is C11H20N2O4. The Morgan fingerprint density at radius 3 is 2.88 bits per heavy atom. The molecule has 1 saturated heterocycles. The standard InChI is InChI=1S/C11H20N2O4/c1-12(5-7-17-8-6-14)9-11(16)13-4-2-3-10(13)15/h14H,2-9H2,1H3. The van der Waals surface area contributed by atoms with Crippen LogP contribution < -0.4 is 0 Å². The molecule has 6 heteroatoms. The number of ether oxygens (including phenoxy) is 1. The van der Waals surface area contributed by atoms with Crippen molar-refractivity contribution in [3.8, 4) is 0 Å². The molecule has 0 aromatic rings. The minimum atomic E-state index is -0.142. The smallest absolute Gasteiger partial charge is 0.243 e. The molecule has 1 heterocycles. The number of imide groups is 1. The van der Waals surface area contributed by atoms with Gasteiger partial charge in [-0.1, -0.05) is 0 Å². The Morgan fingerprint density at radius 2 is 2.29 bits per heavy atom. The Labute approximate surface area is 101 Å². The molecule has 1 N–H and O–H groups in total. The van der Waals surface area contributed by atoms with Crippen LogP contribution >= 0.6 is 0 Å². The predicted molar refractivity (Wildman–Crippen MR) is 61.4 cm³/mol. The molecule has 17 heavy (non-hydrogen) atoms. The Balaban J connectivity index is 2.19. The van der Waals surface area contributed by atoms with E-state index in [0.29, 0.717) is 32.7 Å². The van der Waals surface area contributed by atoms with Crippen LogP contribution in [0.25, 0.3) is 0 Å². The molecule has 0 saturated carbocycles. The van der Waals surface area contributed by atoms with E-state index >= 15 is 0 Å². The summed E-state index contributed by atoms with van der Waals surface area (Å²) in [5, 5.41) is 8.51. The largest absolute Gasteiger partial charge is 0.394 e. The summed E-state index contributed by atoms with van der Waals surface area (Å²) in [7, 11) is 1.81. The predicted octanol–water partition coefficient (Wildman–Crippen LogP) is -0.924.